The van der Waals surface area contributed by atoms with Crippen molar-refractivity contribution in [3.63, 3.8) is 0 Å². The van der Waals surface area contributed by atoms with Crippen molar-refractivity contribution in [1.82, 2.24) is 5.32 Å². The Kier molecular flexibility index (Phi) is 5.49. The molecule has 1 aliphatic heterocycles. The smallest absolute Gasteiger partial charge is 0.486 e. The molecule has 5 nitrogen and oxygen atoms in total. The van der Waals surface area contributed by atoms with E-state index in [0.717, 1.165) is 13.1 Å². The van der Waals surface area contributed by atoms with E-state index >= 15 is 0 Å². The molecule has 0 atom stereocenters. The Bertz CT molecular complexity index is 550. The number of hydrogen-bond acceptors (Lipinski definition) is 4. The average Bonchev–Trinajstić information content (AvgIpc) is 2.34. The number of nitrogens with one attached hydrogen (secondary N) is 1. The first kappa shape index (κ1) is 16.7. The molecule has 21 heavy (non-hydrogen) atoms. The normalized spacial score (nSPS) is 14.2. The fourth-order valence-corrected chi connectivity index (χ4v) is 1.22. The predicted molar refractivity (Wildman–Crippen MR) is 62.1 cm³/mol. The maximum absolute atomic E-state index is 12.7. The number of alkyl halides is 3. The molecule has 0 saturated carbocycles. The summed E-state index contributed by atoms with van der Waals surface area (Å²) >= 11 is 0. The van der Waals surface area contributed by atoms with E-state index in [2.05, 4.69) is 5.32 Å². The van der Waals surface area contributed by atoms with Crippen molar-refractivity contribution >= 4 is 5.97 Å². The molecule has 1 aromatic rings. The second kappa shape index (κ2) is 6.90. The van der Waals surface area contributed by atoms with Crippen LogP contribution in [0.5, 0.6) is 5.75 Å². The molecule has 0 bridgehead atoms. The molecule has 114 valence electrons. The van der Waals surface area contributed by atoms with Gasteiger partial charge in [-0.2, -0.15) is 18.4 Å². The lowest BCUT2D eigenvalue weighted by molar-refractivity contribution is -0.192. The number of carboxylic acids is 1. The highest BCUT2D eigenvalue weighted by Gasteiger charge is 2.38. The topological polar surface area (TPSA) is 82.3 Å². The molecular formula is C12H10F4N2O3. The Morgan fingerprint density at radius 1 is 1.43 bits per heavy atom. The van der Waals surface area contributed by atoms with E-state index in [4.69, 9.17) is 19.9 Å². The molecule has 1 heterocycles. The molecule has 1 aromatic carbocycles. The minimum Gasteiger partial charge on any atom is -0.486 e. The van der Waals surface area contributed by atoms with E-state index in [0.29, 0.717) is 5.75 Å². The Hall–Kier alpha value is -2.34. The molecule has 1 fully saturated rings. The summed E-state index contributed by atoms with van der Waals surface area (Å²) in [5.41, 5.74) is 0.247. The Labute approximate surface area is 116 Å². The van der Waals surface area contributed by atoms with Crippen molar-refractivity contribution in [2.24, 2.45) is 0 Å². The van der Waals surface area contributed by atoms with Crippen molar-refractivity contribution < 1.29 is 32.2 Å². The molecule has 0 aromatic heterocycles. The highest BCUT2D eigenvalue weighted by atomic mass is 19.4. The number of ether oxygens (including phenoxy) is 1. The van der Waals surface area contributed by atoms with Crippen molar-refractivity contribution in [2.75, 3.05) is 13.1 Å². The van der Waals surface area contributed by atoms with Crippen LogP contribution >= 0.6 is 0 Å². The number of aliphatic carboxylic acids is 1. The quantitative estimate of drug-likeness (QED) is 0.812. The van der Waals surface area contributed by atoms with Gasteiger partial charge in [0.2, 0.25) is 0 Å². The van der Waals surface area contributed by atoms with E-state index in [1.807, 2.05) is 6.07 Å². The third-order valence-corrected chi connectivity index (χ3v) is 2.34. The molecule has 2 N–H and O–H groups in total. The van der Waals surface area contributed by atoms with Gasteiger partial charge in [0.25, 0.3) is 0 Å². The van der Waals surface area contributed by atoms with Gasteiger partial charge in [0.15, 0.2) is 0 Å². The van der Waals surface area contributed by atoms with Crippen LogP contribution < -0.4 is 10.1 Å². The predicted octanol–water partition coefficient (Wildman–Crippen LogP) is 1.68. The van der Waals surface area contributed by atoms with Crippen LogP contribution in [0.2, 0.25) is 0 Å². The molecule has 0 amide bonds. The molecule has 1 aliphatic rings. The third kappa shape index (κ3) is 5.27. The second-order valence-electron chi connectivity index (χ2n) is 3.95. The number of halogens is 4. The van der Waals surface area contributed by atoms with Gasteiger partial charge in [-0.3, -0.25) is 0 Å². The maximum atomic E-state index is 12.7. The first-order valence-electron chi connectivity index (χ1n) is 5.61. The van der Waals surface area contributed by atoms with E-state index in [9.17, 15) is 17.6 Å². The number of nitriles is 1. The zero-order valence-electron chi connectivity index (χ0n) is 10.4. The van der Waals surface area contributed by atoms with Crippen LogP contribution in [0.3, 0.4) is 0 Å². The fourth-order valence-electron chi connectivity index (χ4n) is 1.22. The van der Waals surface area contributed by atoms with Crippen LogP contribution in [0.4, 0.5) is 17.6 Å². The molecule has 0 aliphatic carbocycles. The van der Waals surface area contributed by atoms with Crippen molar-refractivity contribution in [1.29, 1.82) is 5.26 Å². The summed E-state index contributed by atoms with van der Waals surface area (Å²) < 4.78 is 50.0. The molecular weight excluding hydrogens is 296 g/mol. The van der Waals surface area contributed by atoms with E-state index in [1.54, 1.807) is 0 Å². The lowest BCUT2D eigenvalue weighted by atomic mass is 10.2. The van der Waals surface area contributed by atoms with Crippen LogP contribution in [-0.4, -0.2) is 36.4 Å². The Balaban J connectivity index is 0.000000270. The minimum atomic E-state index is -5.08. The van der Waals surface area contributed by atoms with Crippen LogP contribution in [0.15, 0.2) is 18.2 Å². The molecule has 0 unspecified atom stereocenters. The van der Waals surface area contributed by atoms with Crippen LogP contribution in [-0.2, 0) is 4.79 Å². The highest BCUT2D eigenvalue weighted by Crippen LogP contribution is 2.20. The van der Waals surface area contributed by atoms with Crippen molar-refractivity contribution in [3.8, 4) is 11.8 Å². The molecule has 0 spiro atoms. The standard InChI is InChI=1S/C10H9FN2O.C2HF3O2/c11-8-1-2-10(7(3-8)4-12)14-9-5-13-6-9;3-2(4,5)1(6)7/h1-3,9,13H,5-6H2;(H,6,7). The Morgan fingerprint density at radius 3 is 2.38 bits per heavy atom. The molecule has 2 rings (SSSR count). The van der Waals surface area contributed by atoms with Crippen molar-refractivity contribution in [2.45, 2.75) is 12.3 Å². The SMILES string of the molecule is N#Cc1cc(F)ccc1OC1CNC1.O=C(O)C(F)(F)F. The number of nitrogens with zero attached hydrogens (tertiary/aromatic N) is 1. The number of carboxylic acid groups (broad SMARTS) is 1. The van der Waals surface area contributed by atoms with Gasteiger partial charge in [-0.25, -0.2) is 9.18 Å². The van der Waals surface area contributed by atoms with Crippen molar-refractivity contribution in [3.05, 3.63) is 29.6 Å². The van der Waals surface area contributed by atoms with Gasteiger partial charge in [0.1, 0.15) is 23.7 Å². The summed E-state index contributed by atoms with van der Waals surface area (Å²) in [7, 11) is 0. The van der Waals surface area contributed by atoms with Gasteiger partial charge in [0.05, 0.1) is 5.56 Å². The van der Waals surface area contributed by atoms with Gasteiger partial charge in [0, 0.05) is 13.1 Å². The lowest BCUT2D eigenvalue weighted by Gasteiger charge is -2.28. The highest BCUT2D eigenvalue weighted by molar-refractivity contribution is 5.73. The Morgan fingerprint density at radius 2 is 2.00 bits per heavy atom. The zero-order valence-corrected chi connectivity index (χ0v) is 10.4. The first-order valence-corrected chi connectivity index (χ1v) is 5.61. The zero-order chi connectivity index (χ0) is 16.0. The van der Waals surface area contributed by atoms with Gasteiger partial charge in [-0.05, 0) is 18.2 Å². The third-order valence-electron chi connectivity index (χ3n) is 2.34. The monoisotopic (exact) mass is 306 g/mol. The van der Waals surface area contributed by atoms with E-state index in [-0.39, 0.29) is 11.7 Å². The van der Waals surface area contributed by atoms with E-state index < -0.39 is 18.0 Å². The van der Waals surface area contributed by atoms with Gasteiger partial charge in [-0.15, -0.1) is 0 Å². The molecule has 0 radical (unpaired) electrons. The largest absolute Gasteiger partial charge is 0.490 e. The first-order chi connectivity index (χ1) is 9.74. The summed E-state index contributed by atoms with van der Waals surface area (Å²) in [5.74, 6) is -2.71. The molecule has 1 saturated heterocycles. The average molecular weight is 306 g/mol. The fraction of sp³-hybridized carbons (Fsp3) is 0.333. The minimum absolute atomic E-state index is 0.104. The summed E-state index contributed by atoms with van der Waals surface area (Å²) in [4.78, 5) is 8.90. The summed E-state index contributed by atoms with van der Waals surface area (Å²) in [5, 5.41) is 18.9. The number of rotatable bonds is 2. The number of hydrogen-bond donors (Lipinski definition) is 2. The number of carbonyl (C=O) groups is 1. The van der Waals surface area contributed by atoms with Crippen LogP contribution in [0.1, 0.15) is 5.56 Å². The van der Waals surface area contributed by atoms with Gasteiger partial charge >= 0.3 is 12.1 Å². The second-order valence-corrected chi connectivity index (χ2v) is 3.95. The van der Waals surface area contributed by atoms with Gasteiger partial charge < -0.3 is 15.2 Å². The van der Waals surface area contributed by atoms with Crippen LogP contribution in [0, 0.1) is 17.1 Å². The number of benzene rings is 1. The lowest BCUT2D eigenvalue weighted by Crippen LogP contribution is -2.50. The molecule has 9 heteroatoms. The summed E-state index contributed by atoms with van der Waals surface area (Å²) in [6.07, 6.45) is -4.98. The summed E-state index contributed by atoms with van der Waals surface area (Å²) in [6.45, 7) is 1.56. The summed E-state index contributed by atoms with van der Waals surface area (Å²) in [6, 6.07) is 5.87. The van der Waals surface area contributed by atoms with Gasteiger partial charge in [-0.1, -0.05) is 0 Å². The maximum Gasteiger partial charge on any atom is 0.490 e. The van der Waals surface area contributed by atoms with Crippen LogP contribution in [0.25, 0.3) is 0 Å². The van der Waals surface area contributed by atoms with E-state index in [1.165, 1.54) is 18.2 Å².